The van der Waals surface area contributed by atoms with Gasteiger partial charge in [-0.3, -0.25) is 10.1 Å². The highest BCUT2D eigenvalue weighted by Crippen LogP contribution is 2.19. The summed E-state index contributed by atoms with van der Waals surface area (Å²) in [4.78, 5) is 8.31. The first-order valence-corrected chi connectivity index (χ1v) is 5.31. The molecule has 0 aliphatic carbocycles. The summed E-state index contributed by atoms with van der Waals surface area (Å²) in [6.45, 7) is 1.98. The van der Waals surface area contributed by atoms with Crippen molar-refractivity contribution in [2.75, 3.05) is 5.32 Å². The Hall–Kier alpha value is -2.43. The first kappa shape index (κ1) is 9.77. The van der Waals surface area contributed by atoms with Gasteiger partial charge in [-0.2, -0.15) is 5.10 Å². The molecule has 3 rings (SSSR count). The predicted octanol–water partition coefficient (Wildman–Crippen LogP) is 2.40. The number of H-pyrrole nitrogens is 1. The maximum Gasteiger partial charge on any atom is 0.132 e. The third-order valence-electron chi connectivity index (χ3n) is 2.58. The Morgan fingerprint density at radius 3 is 2.88 bits per heavy atom. The molecule has 3 aromatic heterocycles. The summed E-state index contributed by atoms with van der Waals surface area (Å²) in [6, 6.07) is 5.70. The molecule has 0 aliphatic rings. The van der Waals surface area contributed by atoms with Gasteiger partial charge in [-0.25, -0.2) is 4.98 Å². The summed E-state index contributed by atoms with van der Waals surface area (Å²) >= 11 is 0. The molecular formula is C12H11N5. The molecule has 3 heterocycles. The monoisotopic (exact) mass is 225 g/mol. The Bertz CT molecular complexity index is 644. The smallest absolute Gasteiger partial charge is 0.132 e. The van der Waals surface area contributed by atoms with Gasteiger partial charge in [0.1, 0.15) is 5.82 Å². The maximum atomic E-state index is 4.34. The molecule has 0 bridgehead atoms. The van der Waals surface area contributed by atoms with Gasteiger partial charge in [-0.15, -0.1) is 0 Å². The van der Waals surface area contributed by atoms with E-state index < -0.39 is 0 Å². The molecule has 0 fully saturated rings. The molecule has 17 heavy (non-hydrogen) atoms. The summed E-state index contributed by atoms with van der Waals surface area (Å²) in [5.74, 6) is 0.773. The lowest BCUT2D eigenvalue weighted by Gasteiger charge is -2.04. The number of anilines is 2. The van der Waals surface area contributed by atoms with Crippen LogP contribution < -0.4 is 5.32 Å². The van der Waals surface area contributed by atoms with Crippen molar-refractivity contribution in [3.05, 3.63) is 42.5 Å². The number of rotatable bonds is 2. The van der Waals surface area contributed by atoms with Gasteiger partial charge in [0.2, 0.25) is 0 Å². The molecule has 0 unspecified atom stereocenters. The number of fused-ring (bicyclic) bond motifs is 1. The largest absolute Gasteiger partial charge is 0.340 e. The Balaban J connectivity index is 1.96. The SMILES string of the molecule is Cc1[nH]nc2cc(Nc3ccncc3)ncc12. The molecule has 0 amide bonds. The second-order valence-electron chi connectivity index (χ2n) is 3.80. The van der Waals surface area contributed by atoms with Crippen LogP contribution in [-0.4, -0.2) is 20.2 Å². The first-order chi connectivity index (χ1) is 8.33. The fraction of sp³-hybridized carbons (Fsp3) is 0.0833. The number of pyridine rings is 2. The molecule has 2 N–H and O–H groups in total. The molecule has 0 spiro atoms. The summed E-state index contributed by atoms with van der Waals surface area (Å²) in [7, 11) is 0. The van der Waals surface area contributed by atoms with Gasteiger partial charge in [0, 0.05) is 41.4 Å². The average molecular weight is 225 g/mol. The van der Waals surface area contributed by atoms with E-state index in [2.05, 4.69) is 25.5 Å². The van der Waals surface area contributed by atoms with E-state index in [1.165, 1.54) is 0 Å². The summed E-state index contributed by atoms with van der Waals surface area (Å²) in [5, 5.41) is 11.4. The van der Waals surface area contributed by atoms with Crippen molar-refractivity contribution in [2.24, 2.45) is 0 Å². The van der Waals surface area contributed by atoms with Gasteiger partial charge in [-0.1, -0.05) is 0 Å². The van der Waals surface area contributed by atoms with E-state index in [0.29, 0.717) is 0 Å². The predicted molar refractivity (Wildman–Crippen MR) is 66.1 cm³/mol. The van der Waals surface area contributed by atoms with Gasteiger partial charge in [-0.05, 0) is 19.1 Å². The quantitative estimate of drug-likeness (QED) is 0.702. The molecule has 0 saturated carbocycles. The minimum atomic E-state index is 0.773. The summed E-state index contributed by atoms with van der Waals surface area (Å²) in [6.07, 6.45) is 5.29. The minimum absolute atomic E-state index is 0.773. The van der Waals surface area contributed by atoms with Crippen molar-refractivity contribution >= 4 is 22.4 Å². The fourth-order valence-electron chi connectivity index (χ4n) is 1.68. The number of nitrogens with zero attached hydrogens (tertiary/aromatic N) is 3. The van der Waals surface area contributed by atoms with E-state index in [4.69, 9.17) is 0 Å². The van der Waals surface area contributed by atoms with E-state index >= 15 is 0 Å². The Morgan fingerprint density at radius 1 is 1.24 bits per heavy atom. The molecule has 3 aromatic rings. The van der Waals surface area contributed by atoms with Crippen LogP contribution in [0.1, 0.15) is 5.69 Å². The number of aromatic amines is 1. The topological polar surface area (TPSA) is 66.5 Å². The van der Waals surface area contributed by atoms with Gasteiger partial charge < -0.3 is 5.32 Å². The van der Waals surface area contributed by atoms with Crippen LogP contribution in [0, 0.1) is 6.92 Å². The van der Waals surface area contributed by atoms with Gasteiger partial charge >= 0.3 is 0 Å². The molecule has 0 saturated heterocycles. The molecule has 0 aliphatic heterocycles. The van der Waals surface area contributed by atoms with Crippen LogP contribution in [0.3, 0.4) is 0 Å². The zero-order valence-corrected chi connectivity index (χ0v) is 9.31. The number of nitrogens with one attached hydrogen (secondary N) is 2. The lowest BCUT2D eigenvalue weighted by atomic mass is 10.2. The van der Waals surface area contributed by atoms with Crippen LogP contribution >= 0.6 is 0 Å². The highest BCUT2D eigenvalue weighted by Gasteiger charge is 2.03. The van der Waals surface area contributed by atoms with Crippen LogP contribution in [0.2, 0.25) is 0 Å². The molecule has 5 nitrogen and oxygen atoms in total. The second kappa shape index (κ2) is 3.86. The van der Waals surface area contributed by atoms with E-state index in [-0.39, 0.29) is 0 Å². The second-order valence-corrected chi connectivity index (χ2v) is 3.80. The maximum absolute atomic E-state index is 4.34. The lowest BCUT2D eigenvalue weighted by molar-refractivity contribution is 1.07. The zero-order valence-electron chi connectivity index (χ0n) is 9.31. The minimum Gasteiger partial charge on any atom is -0.340 e. The van der Waals surface area contributed by atoms with E-state index in [0.717, 1.165) is 28.1 Å². The molecule has 0 radical (unpaired) electrons. The summed E-state index contributed by atoms with van der Waals surface area (Å²) in [5.41, 5.74) is 2.90. The molecule has 5 heteroatoms. The van der Waals surface area contributed by atoms with Crippen LogP contribution in [0.5, 0.6) is 0 Å². The van der Waals surface area contributed by atoms with E-state index in [1.54, 1.807) is 12.4 Å². The average Bonchev–Trinajstić information content (AvgIpc) is 2.72. The van der Waals surface area contributed by atoms with E-state index in [9.17, 15) is 0 Å². The van der Waals surface area contributed by atoms with Crippen LogP contribution in [0.15, 0.2) is 36.8 Å². The Kier molecular flexibility index (Phi) is 2.22. The first-order valence-electron chi connectivity index (χ1n) is 5.31. The molecule has 0 aromatic carbocycles. The fourth-order valence-corrected chi connectivity index (χ4v) is 1.68. The van der Waals surface area contributed by atoms with Gasteiger partial charge in [0.25, 0.3) is 0 Å². The number of hydrogen-bond donors (Lipinski definition) is 2. The van der Waals surface area contributed by atoms with Gasteiger partial charge in [0.05, 0.1) is 5.52 Å². The number of hydrogen-bond acceptors (Lipinski definition) is 4. The highest BCUT2D eigenvalue weighted by molar-refractivity contribution is 5.82. The van der Waals surface area contributed by atoms with Crippen LogP contribution in [0.25, 0.3) is 10.9 Å². The lowest BCUT2D eigenvalue weighted by Crippen LogP contribution is -1.92. The molecule has 84 valence electrons. The standard InChI is InChI=1S/C12H11N5/c1-8-10-7-14-12(6-11(10)17-16-8)15-9-2-4-13-5-3-9/h2-7H,1H3,(H,16,17)(H,13,14,15). The van der Waals surface area contributed by atoms with Gasteiger partial charge in [0.15, 0.2) is 0 Å². The Morgan fingerprint density at radius 2 is 2.06 bits per heavy atom. The highest BCUT2D eigenvalue weighted by atomic mass is 15.1. The normalized spacial score (nSPS) is 10.6. The third kappa shape index (κ3) is 1.82. The van der Waals surface area contributed by atoms with Crippen LogP contribution in [0.4, 0.5) is 11.5 Å². The van der Waals surface area contributed by atoms with Crippen molar-refractivity contribution in [3.63, 3.8) is 0 Å². The zero-order chi connectivity index (χ0) is 11.7. The number of aromatic nitrogens is 4. The Labute approximate surface area is 97.9 Å². The van der Waals surface area contributed by atoms with E-state index in [1.807, 2.05) is 31.3 Å². The number of aryl methyl sites for hydroxylation is 1. The van der Waals surface area contributed by atoms with Crippen LogP contribution in [-0.2, 0) is 0 Å². The van der Waals surface area contributed by atoms with Crippen molar-refractivity contribution in [3.8, 4) is 0 Å². The van der Waals surface area contributed by atoms with Crippen molar-refractivity contribution in [1.82, 2.24) is 20.2 Å². The molecular weight excluding hydrogens is 214 g/mol. The molecule has 0 atom stereocenters. The van der Waals surface area contributed by atoms with Crippen molar-refractivity contribution in [1.29, 1.82) is 0 Å². The van der Waals surface area contributed by atoms with Crippen molar-refractivity contribution in [2.45, 2.75) is 6.92 Å². The summed E-state index contributed by atoms with van der Waals surface area (Å²) < 4.78 is 0. The van der Waals surface area contributed by atoms with Crippen molar-refractivity contribution < 1.29 is 0 Å². The third-order valence-corrected chi connectivity index (χ3v) is 2.58.